The second kappa shape index (κ2) is 7.84. The summed E-state index contributed by atoms with van der Waals surface area (Å²) in [5.41, 5.74) is 6.51. The molecule has 0 unspecified atom stereocenters. The fraction of sp³-hybridized carbons (Fsp3) is 0.400. The molecular weight excluding hydrogens is 405 g/mol. The third-order valence-corrected chi connectivity index (χ3v) is 5.69. The molecule has 1 atom stereocenters. The molecule has 2 aliphatic rings. The summed E-state index contributed by atoms with van der Waals surface area (Å²) < 4.78 is 47.1. The Labute approximate surface area is 171 Å². The van der Waals surface area contributed by atoms with E-state index in [9.17, 15) is 8.78 Å². The fourth-order valence-corrected chi connectivity index (χ4v) is 3.69. The lowest BCUT2D eigenvalue weighted by Gasteiger charge is -2.35. The number of hydrogen-bond donors (Lipinski definition) is 2. The van der Waals surface area contributed by atoms with Crippen molar-refractivity contribution in [2.45, 2.75) is 25.4 Å². The number of fused-ring (bicyclic) bond motifs is 1. The van der Waals surface area contributed by atoms with E-state index in [-0.39, 0.29) is 23.8 Å². The highest BCUT2D eigenvalue weighted by molar-refractivity contribution is 6.33. The number of rotatable bonds is 5. The topological polar surface area (TPSA) is 72.5 Å². The van der Waals surface area contributed by atoms with Crippen LogP contribution in [0.25, 0.3) is 0 Å². The van der Waals surface area contributed by atoms with Crippen LogP contribution in [0.4, 0.5) is 24.7 Å². The van der Waals surface area contributed by atoms with Gasteiger partial charge in [0.05, 0.1) is 21.7 Å². The van der Waals surface area contributed by atoms with Gasteiger partial charge in [-0.2, -0.15) is 0 Å². The molecule has 1 aliphatic heterocycles. The van der Waals surface area contributed by atoms with Crippen molar-refractivity contribution in [2.75, 3.05) is 25.3 Å². The maximum absolute atomic E-state index is 15.1. The summed E-state index contributed by atoms with van der Waals surface area (Å²) in [5.74, 6) is -0.380. The lowest BCUT2D eigenvalue weighted by molar-refractivity contribution is 0.0354. The molecule has 0 amide bonds. The van der Waals surface area contributed by atoms with Crippen LogP contribution in [0.15, 0.2) is 29.3 Å². The van der Waals surface area contributed by atoms with Gasteiger partial charge in [0, 0.05) is 5.69 Å². The van der Waals surface area contributed by atoms with Crippen molar-refractivity contribution in [1.82, 2.24) is 4.98 Å². The Kier molecular flexibility index (Phi) is 5.40. The van der Waals surface area contributed by atoms with Gasteiger partial charge in [-0.3, -0.25) is 8.78 Å². The molecule has 5 nitrogen and oxygen atoms in total. The van der Waals surface area contributed by atoms with Gasteiger partial charge in [-0.15, -0.1) is 0 Å². The molecule has 9 heteroatoms. The number of aryl methyl sites for hydroxylation is 2. The summed E-state index contributed by atoms with van der Waals surface area (Å²) >= 11 is 6.30. The molecule has 1 aromatic carbocycles. The number of nitrogens with zero attached hydrogens (tertiary/aromatic N) is 2. The van der Waals surface area contributed by atoms with E-state index < -0.39 is 30.7 Å². The molecule has 4 rings (SSSR count). The highest BCUT2D eigenvalue weighted by Gasteiger charge is 2.42. The number of nitrogens with one attached hydrogen (secondary N) is 1. The van der Waals surface area contributed by atoms with Gasteiger partial charge >= 0.3 is 0 Å². The number of pyridine rings is 1. The van der Waals surface area contributed by atoms with Gasteiger partial charge in [-0.05, 0) is 43.0 Å². The zero-order chi connectivity index (χ0) is 20.6. The number of alkyl halides is 2. The Bertz CT molecular complexity index is 965. The Morgan fingerprint density at radius 2 is 2.07 bits per heavy atom. The van der Waals surface area contributed by atoms with Gasteiger partial charge in [-0.1, -0.05) is 17.7 Å². The van der Waals surface area contributed by atoms with E-state index in [0.29, 0.717) is 10.8 Å². The van der Waals surface area contributed by atoms with Crippen LogP contribution >= 0.6 is 11.6 Å². The summed E-state index contributed by atoms with van der Waals surface area (Å²) in [6.45, 7) is -2.36. The molecule has 29 heavy (non-hydrogen) atoms. The van der Waals surface area contributed by atoms with Gasteiger partial charge in [0.1, 0.15) is 31.9 Å². The number of halogens is 4. The Morgan fingerprint density at radius 1 is 1.28 bits per heavy atom. The first-order valence-electron chi connectivity index (χ1n) is 9.30. The average molecular weight is 425 g/mol. The molecule has 0 spiro atoms. The summed E-state index contributed by atoms with van der Waals surface area (Å²) in [7, 11) is 0. The summed E-state index contributed by atoms with van der Waals surface area (Å²) in [6.07, 6.45) is 1.63. The van der Waals surface area contributed by atoms with Gasteiger partial charge in [0.25, 0.3) is 0 Å². The molecule has 3 N–H and O–H groups in total. The molecule has 1 aliphatic carbocycles. The third kappa shape index (κ3) is 3.55. The monoisotopic (exact) mass is 424 g/mol. The standard InChI is InChI=1S/C20H20ClF3N4O/c21-13-7-11-3-1-5-14(11)26-17(13)27-15-6-2-4-12(16(15)24)18-28-19(25)20(8-22,9-23)10-29-18/h2,4,6-7,19H,1,3,5,8-10,25H2,(H,26,27)/t19-/m1/s1. The van der Waals surface area contributed by atoms with Crippen molar-refractivity contribution < 1.29 is 17.9 Å². The second-order valence-corrected chi connectivity index (χ2v) is 7.77. The number of hydrogen-bond acceptors (Lipinski definition) is 5. The number of nitrogens with two attached hydrogens (primary N) is 1. The molecule has 2 heterocycles. The minimum atomic E-state index is -1.54. The normalized spacial score (nSPS) is 20.0. The van der Waals surface area contributed by atoms with Crippen LogP contribution in [-0.4, -0.2) is 37.0 Å². The van der Waals surface area contributed by atoms with Gasteiger partial charge in [0.15, 0.2) is 5.82 Å². The predicted molar refractivity (Wildman–Crippen MR) is 106 cm³/mol. The van der Waals surface area contributed by atoms with E-state index in [1.165, 1.54) is 12.1 Å². The average Bonchev–Trinajstić information content (AvgIpc) is 3.17. The van der Waals surface area contributed by atoms with E-state index in [1.54, 1.807) is 6.07 Å². The highest BCUT2D eigenvalue weighted by atomic mass is 35.5. The predicted octanol–water partition coefficient (Wildman–Crippen LogP) is 4.09. The maximum atomic E-state index is 15.1. The van der Waals surface area contributed by atoms with Crippen LogP contribution in [-0.2, 0) is 17.6 Å². The Balaban J connectivity index is 1.64. The van der Waals surface area contributed by atoms with Crippen LogP contribution in [0.5, 0.6) is 0 Å². The van der Waals surface area contributed by atoms with E-state index in [1.807, 2.05) is 6.07 Å². The molecule has 1 aromatic heterocycles. The minimum absolute atomic E-state index is 0.0362. The summed E-state index contributed by atoms with van der Waals surface area (Å²) in [6, 6.07) is 6.44. The Morgan fingerprint density at radius 3 is 2.79 bits per heavy atom. The first kappa shape index (κ1) is 20.0. The van der Waals surface area contributed by atoms with E-state index in [4.69, 9.17) is 22.1 Å². The number of aromatic nitrogens is 1. The van der Waals surface area contributed by atoms with E-state index in [2.05, 4.69) is 15.3 Å². The number of ether oxygens (including phenoxy) is 1. The van der Waals surface area contributed by atoms with Crippen molar-refractivity contribution >= 4 is 29.0 Å². The molecule has 154 valence electrons. The number of benzene rings is 1. The smallest absolute Gasteiger partial charge is 0.220 e. The Hall–Kier alpha value is -2.32. The zero-order valence-electron chi connectivity index (χ0n) is 15.5. The lowest BCUT2D eigenvalue weighted by Crippen LogP contribution is -2.51. The summed E-state index contributed by atoms with van der Waals surface area (Å²) in [4.78, 5) is 8.51. The molecular formula is C20H20ClF3N4O. The van der Waals surface area contributed by atoms with Crippen LogP contribution in [0.2, 0.25) is 5.02 Å². The van der Waals surface area contributed by atoms with Crippen molar-refractivity contribution in [3.63, 3.8) is 0 Å². The van der Waals surface area contributed by atoms with Crippen molar-refractivity contribution in [3.8, 4) is 0 Å². The van der Waals surface area contributed by atoms with E-state index >= 15 is 4.39 Å². The van der Waals surface area contributed by atoms with Gasteiger partial charge in [-0.25, -0.2) is 14.4 Å². The fourth-order valence-electron chi connectivity index (χ4n) is 3.47. The number of anilines is 2. The quantitative estimate of drug-likeness (QED) is 0.758. The lowest BCUT2D eigenvalue weighted by atomic mass is 9.88. The van der Waals surface area contributed by atoms with Gasteiger partial charge < -0.3 is 15.8 Å². The van der Waals surface area contributed by atoms with Crippen LogP contribution < -0.4 is 11.1 Å². The summed E-state index contributed by atoms with van der Waals surface area (Å²) in [5, 5.41) is 3.32. The van der Waals surface area contributed by atoms with Gasteiger partial charge in [0.2, 0.25) is 5.90 Å². The molecule has 0 saturated heterocycles. The second-order valence-electron chi connectivity index (χ2n) is 7.37. The highest BCUT2D eigenvalue weighted by Crippen LogP contribution is 2.33. The number of aliphatic imine (C=N–C) groups is 1. The maximum Gasteiger partial charge on any atom is 0.220 e. The first-order chi connectivity index (χ1) is 14.0. The van der Waals surface area contributed by atoms with Crippen LogP contribution in [0, 0.1) is 11.2 Å². The largest absolute Gasteiger partial charge is 0.476 e. The molecule has 0 radical (unpaired) electrons. The molecule has 0 fully saturated rings. The van der Waals surface area contributed by atoms with Crippen LogP contribution in [0.3, 0.4) is 0 Å². The zero-order valence-corrected chi connectivity index (χ0v) is 16.3. The van der Waals surface area contributed by atoms with Crippen molar-refractivity contribution in [1.29, 1.82) is 0 Å². The molecule has 2 aromatic rings. The third-order valence-electron chi connectivity index (χ3n) is 5.40. The first-order valence-corrected chi connectivity index (χ1v) is 9.67. The van der Waals surface area contributed by atoms with Crippen molar-refractivity contribution in [3.05, 3.63) is 51.9 Å². The molecule has 0 bridgehead atoms. The van der Waals surface area contributed by atoms with Crippen LogP contribution in [0.1, 0.15) is 23.2 Å². The minimum Gasteiger partial charge on any atom is -0.476 e. The SMILES string of the molecule is N[C@@H]1N=C(c2cccc(Nc3nc4c(cc3Cl)CCC4)c2F)OCC1(CF)CF. The van der Waals surface area contributed by atoms with Crippen molar-refractivity contribution in [2.24, 2.45) is 16.1 Å². The molecule has 0 saturated carbocycles. The van der Waals surface area contributed by atoms with E-state index in [0.717, 1.165) is 30.5 Å².